The third kappa shape index (κ3) is 4.49. The molecular weight excluding hydrogens is 372 g/mol. The van der Waals surface area contributed by atoms with Crippen molar-refractivity contribution in [3.05, 3.63) is 70.6 Å². The number of aromatic nitrogens is 2. The van der Waals surface area contributed by atoms with Gasteiger partial charge in [-0.3, -0.25) is 14.4 Å². The topological polar surface area (TPSA) is 93.5 Å². The number of para-hydroxylation sites is 1. The molecule has 3 aromatic rings. The first-order valence-corrected chi connectivity index (χ1v) is 9.11. The maximum atomic E-state index is 13.1. The molecule has 0 atom stereocenters. The second-order valence-corrected chi connectivity index (χ2v) is 6.45. The summed E-state index contributed by atoms with van der Waals surface area (Å²) in [5.41, 5.74) is 0.344. The summed E-state index contributed by atoms with van der Waals surface area (Å²) >= 11 is 0. The summed E-state index contributed by atoms with van der Waals surface area (Å²) in [6, 6.07) is 15.7. The zero-order valence-electron chi connectivity index (χ0n) is 16.3. The van der Waals surface area contributed by atoms with Gasteiger partial charge in [-0.25, -0.2) is 0 Å². The predicted octanol–water partition coefficient (Wildman–Crippen LogP) is 1.22. The number of ether oxygens (including phenoxy) is 1. The minimum absolute atomic E-state index is 0.108. The van der Waals surface area contributed by atoms with Crippen molar-refractivity contribution in [2.45, 2.75) is 0 Å². The summed E-state index contributed by atoms with van der Waals surface area (Å²) in [5.74, 6) is -0.758. The SMILES string of the molecule is COCCNC(=O)CN(C)C(=O)c1nn(-c2ccccc2)c(=O)c2ccccc12. The van der Waals surface area contributed by atoms with Crippen molar-refractivity contribution in [1.82, 2.24) is 20.0 Å². The zero-order chi connectivity index (χ0) is 20.8. The van der Waals surface area contributed by atoms with E-state index in [1.54, 1.807) is 55.6 Å². The molecule has 1 aromatic heterocycles. The molecule has 0 radical (unpaired) electrons. The highest BCUT2D eigenvalue weighted by molar-refractivity contribution is 6.05. The molecule has 150 valence electrons. The number of hydrogen-bond donors (Lipinski definition) is 1. The van der Waals surface area contributed by atoms with E-state index in [1.165, 1.54) is 16.6 Å². The normalized spacial score (nSPS) is 10.7. The van der Waals surface area contributed by atoms with Gasteiger partial charge in [0.1, 0.15) is 0 Å². The Morgan fingerprint density at radius 1 is 1.07 bits per heavy atom. The Bertz CT molecular complexity index is 1080. The lowest BCUT2D eigenvalue weighted by Crippen LogP contribution is -2.40. The number of carbonyl (C=O) groups is 2. The van der Waals surface area contributed by atoms with Gasteiger partial charge in [-0.2, -0.15) is 9.78 Å². The fourth-order valence-corrected chi connectivity index (χ4v) is 2.91. The summed E-state index contributed by atoms with van der Waals surface area (Å²) in [7, 11) is 3.06. The standard InChI is InChI=1S/C21H22N4O4/c1-24(14-18(26)22-12-13-29-2)21(28)19-16-10-6-7-11-17(16)20(27)25(23-19)15-8-4-3-5-9-15/h3-11H,12-14H2,1-2H3,(H,22,26). The molecule has 0 aliphatic heterocycles. The van der Waals surface area contributed by atoms with Crippen LogP contribution in [0.3, 0.4) is 0 Å². The molecule has 2 aromatic carbocycles. The number of hydrogen-bond acceptors (Lipinski definition) is 5. The van der Waals surface area contributed by atoms with E-state index in [1.807, 2.05) is 6.07 Å². The van der Waals surface area contributed by atoms with Crippen LogP contribution in [0.25, 0.3) is 16.5 Å². The molecule has 0 saturated heterocycles. The number of nitrogens with one attached hydrogen (secondary N) is 1. The second kappa shape index (κ2) is 9.11. The van der Waals surface area contributed by atoms with E-state index in [4.69, 9.17) is 4.74 Å². The first-order chi connectivity index (χ1) is 14.0. The number of nitrogens with zero attached hydrogens (tertiary/aromatic N) is 3. The van der Waals surface area contributed by atoms with Crippen LogP contribution in [0.2, 0.25) is 0 Å². The molecule has 1 N–H and O–H groups in total. The predicted molar refractivity (Wildman–Crippen MR) is 109 cm³/mol. The molecule has 29 heavy (non-hydrogen) atoms. The molecule has 0 unspecified atom stereocenters. The van der Waals surface area contributed by atoms with E-state index in [0.717, 1.165) is 0 Å². The number of amides is 2. The van der Waals surface area contributed by atoms with Gasteiger partial charge in [-0.15, -0.1) is 0 Å². The summed E-state index contributed by atoms with van der Waals surface area (Å²) in [6.07, 6.45) is 0. The number of fused-ring (bicyclic) bond motifs is 1. The monoisotopic (exact) mass is 394 g/mol. The molecular formula is C21H22N4O4. The quantitative estimate of drug-likeness (QED) is 0.608. The van der Waals surface area contributed by atoms with Gasteiger partial charge >= 0.3 is 0 Å². The molecule has 0 spiro atoms. The van der Waals surface area contributed by atoms with E-state index in [-0.39, 0.29) is 23.7 Å². The number of benzene rings is 2. The lowest BCUT2D eigenvalue weighted by Gasteiger charge is -2.18. The first-order valence-electron chi connectivity index (χ1n) is 9.11. The molecule has 0 fully saturated rings. The van der Waals surface area contributed by atoms with Crippen molar-refractivity contribution >= 4 is 22.6 Å². The van der Waals surface area contributed by atoms with Crippen LogP contribution >= 0.6 is 0 Å². The molecule has 3 rings (SSSR count). The number of methoxy groups -OCH3 is 1. The highest BCUT2D eigenvalue weighted by Crippen LogP contribution is 2.16. The largest absolute Gasteiger partial charge is 0.383 e. The molecule has 0 bridgehead atoms. The molecule has 0 aliphatic rings. The minimum atomic E-state index is -0.451. The summed E-state index contributed by atoms with van der Waals surface area (Å²) < 4.78 is 6.10. The lowest BCUT2D eigenvalue weighted by atomic mass is 10.1. The summed E-state index contributed by atoms with van der Waals surface area (Å²) in [5, 5.41) is 7.83. The van der Waals surface area contributed by atoms with Gasteiger partial charge in [-0.1, -0.05) is 36.4 Å². The number of carbonyl (C=O) groups excluding carboxylic acids is 2. The van der Waals surface area contributed by atoms with Gasteiger partial charge in [0.15, 0.2) is 5.69 Å². The van der Waals surface area contributed by atoms with Crippen molar-refractivity contribution in [3.63, 3.8) is 0 Å². The number of likely N-dealkylation sites (N-methyl/N-ethyl adjacent to an activating group) is 1. The third-order valence-electron chi connectivity index (χ3n) is 4.36. The van der Waals surface area contributed by atoms with Crippen LogP contribution in [0.5, 0.6) is 0 Å². The van der Waals surface area contributed by atoms with Crippen LogP contribution < -0.4 is 10.9 Å². The Balaban J connectivity index is 1.98. The molecule has 8 heteroatoms. The van der Waals surface area contributed by atoms with Gasteiger partial charge in [0.2, 0.25) is 5.91 Å². The Labute approximate surface area is 167 Å². The summed E-state index contributed by atoms with van der Waals surface area (Å²) in [4.78, 5) is 39.3. The average Bonchev–Trinajstić information content (AvgIpc) is 2.74. The van der Waals surface area contributed by atoms with Gasteiger partial charge in [0.05, 0.1) is 24.2 Å². The number of rotatable bonds is 7. The van der Waals surface area contributed by atoms with E-state index < -0.39 is 5.91 Å². The van der Waals surface area contributed by atoms with Gasteiger partial charge < -0.3 is 15.0 Å². The van der Waals surface area contributed by atoms with Gasteiger partial charge in [0.25, 0.3) is 11.5 Å². The fraction of sp³-hybridized carbons (Fsp3) is 0.238. The maximum absolute atomic E-state index is 13.1. The van der Waals surface area contributed by atoms with Crippen molar-refractivity contribution in [2.75, 3.05) is 33.9 Å². The van der Waals surface area contributed by atoms with Crippen molar-refractivity contribution in [3.8, 4) is 5.69 Å². The van der Waals surface area contributed by atoms with E-state index in [2.05, 4.69) is 10.4 Å². The smallest absolute Gasteiger partial charge is 0.279 e. The Morgan fingerprint density at radius 2 is 1.72 bits per heavy atom. The Kier molecular flexibility index (Phi) is 6.36. The molecule has 8 nitrogen and oxygen atoms in total. The molecule has 0 saturated carbocycles. The van der Waals surface area contributed by atoms with Crippen LogP contribution in [-0.2, 0) is 9.53 Å². The van der Waals surface area contributed by atoms with Crippen molar-refractivity contribution < 1.29 is 14.3 Å². The van der Waals surface area contributed by atoms with Crippen LogP contribution in [0.4, 0.5) is 0 Å². The highest BCUT2D eigenvalue weighted by atomic mass is 16.5. The van der Waals surface area contributed by atoms with Crippen LogP contribution in [-0.4, -0.2) is 60.3 Å². The Hall–Kier alpha value is -3.52. The zero-order valence-corrected chi connectivity index (χ0v) is 16.3. The lowest BCUT2D eigenvalue weighted by molar-refractivity contribution is -0.121. The van der Waals surface area contributed by atoms with E-state index >= 15 is 0 Å². The fourth-order valence-electron chi connectivity index (χ4n) is 2.91. The average molecular weight is 394 g/mol. The Morgan fingerprint density at radius 3 is 2.41 bits per heavy atom. The second-order valence-electron chi connectivity index (χ2n) is 6.45. The molecule has 2 amide bonds. The van der Waals surface area contributed by atoms with Crippen molar-refractivity contribution in [1.29, 1.82) is 0 Å². The van der Waals surface area contributed by atoms with Crippen LogP contribution in [0, 0.1) is 0 Å². The third-order valence-corrected chi connectivity index (χ3v) is 4.36. The van der Waals surface area contributed by atoms with Gasteiger partial charge in [-0.05, 0) is 18.2 Å². The van der Waals surface area contributed by atoms with Crippen LogP contribution in [0.1, 0.15) is 10.5 Å². The maximum Gasteiger partial charge on any atom is 0.279 e. The summed E-state index contributed by atoms with van der Waals surface area (Å²) in [6.45, 7) is 0.609. The van der Waals surface area contributed by atoms with Gasteiger partial charge in [0, 0.05) is 26.1 Å². The van der Waals surface area contributed by atoms with E-state index in [9.17, 15) is 14.4 Å². The van der Waals surface area contributed by atoms with Crippen LogP contribution in [0.15, 0.2) is 59.4 Å². The molecule has 1 heterocycles. The first kappa shape index (κ1) is 20.2. The molecule has 0 aliphatic carbocycles. The highest BCUT2D eigenvalue weighted by Gasteiger charge is 2.21. The van der Waals surface area contributed by atoms with Crippen molar-refractivity contribution in [2.24, 2.45) is 0 Å². The minimum Gasteiger partial charge on any atom is -0.383 e. The van der Waals surface area contributed by atoms with E-state index in [0.29, 0.717) is 29.6 Å².